The molecule has 0 aromatic heterocycles. The number of hydrogen-bond donors (Lipinski definition) is 1. The summed E-state index contributed by atoms with van der Waals surface area (Å²) in [6, 6.07) is 0.0581. The van der Waals surface area contributed by atoms with Crippen LogP contribution in [0.25, 0.3) is 0 Å². The second kappa shape index (κ2) is 6.02. The number of likely N-dealkylation sites (tertiary alicyclic amines) is 1. The van der Waals surface area contributed by atoms with Gasteiger partial charge < -0.3 is 15.4 Å². The number of nitrogens with zero attached hydrogens (tertiary/aromatic N) is 1. The van der Waals surface area contributed by atoms with Crippen LogP contribution in [0.15, 0.2) is 0 Å². The number of ether oxygens (including phenoxy) is 1. The molecule has 0 spiro atoms. The van der Waals surface area contributed by atoms with E-state index in [1.165, 1.54) is 6.42 Å². The van der Waals surface area contributed by atoms with Gasteiger partial charge in [0, 0.05) is 32.2 Å². The molecule has 4 atom stereocenters. The van der Waals surface area contributed by atoms with Gasteiger partial charge in [-0.15, -0.1) is 0 Å². The number of amides is 1. The summed E-state index contributed by atoms with van der Waals surface area (Å²) in [6.07, 6.45) is 4.36. The quantitative estimate of drug-likeness (QED) is 0.824. The van der Waals surface area contributed by atoms with Gasteiger partial charge >= 0.3 is 0 Å². The van der Waals surface area contributed by atoms with Crippen molar-refractivity contribution in [3.8, 4) is 0 Å². The zero-order valence-electron chi connectivity index (χ0n) is 11.6. The maximum Gasteiger partial charge on any atom is 0.227 e. The average molecular weight is 254 g/mol. The van der Waals surface area contributed by atoms with E-state index < -0.39 is 0 Å². The molecule has 1 saturated carbocycles. The van der Waals surface area contributed by atoms with Crippen molar-refractivity contribution in [3.63, 3.8) is 0 Å². The van der Waals surface area contributed by atoms with Crippen molar-refractivity contribution in [1.82, 2.24) is 4.90 Å². The molecule has 1 aliphatic carbocycles. The highest BCUT2D eigenvalue weighted by molar-refractivity contribution is 5.80. The molecule has 0 aromatic carbocycles. The molecule has 0 radical (unpaired) electrons. The van der Waals surface area contributed by atoms with Gasteiger partial charge in [0.25, 0.3) is 0 Å². The maximum atomic E-state index is 12.6. The van der Waals surface area contributed by atoms with Crippen molar-refractivity contribution in [1.29, 1.82) is 0 Å². The van der Waals surface area contributed by atoms with E-state index in [1.807, 2.05) is 4.90 Å². The minimum Gasteiger partial charge on any atom is -0.384 e. The molecule has 2 aliphatic rings. The van der Waals surface area contributed by atoms with Crippen LogP contribution < -0.4 is 5.73 Å². The van der Waals surface area contributed by atoms with Crippen LogP contribution in [-0.4, -0.2) is 43.7 Å². The molecule has 2 N–H and O–H groups in total. The Morgan fingerprint density at radius 1 is 1.39 bits per heavy atom. The first-order chi connectivity index (χ1) is 8.63. The number of methoxy groups -OCH3 is 1. The fraction of sp³-hybridized carbons (Fsp3) is 0.929. The van der Waals surface area contributed by atoms with Gasteiger partial charge in [0.15, 0.2) is 0 Å². The Hall–Kier alpha value is -0.610. The van der Waals surface area contributed by atoms with E-state index in [0.717, 1.165) is 39.0 Å². The number of carbonyl (C=O) groups is 1. The third kappa shape index (κ3) is 2.86. The molecule has 18 heavy (non-hydrogen) atoms. The van der Waals surface area contributed by atoms with Crippen molar-refractivity contribution in [2.24, 2.45) is 23.5 Å². The average Bonchev–Trinajstić information content (AvgIpc) is 2.78. The van der Waals surface area contributed by atoms with Gasteiger partial charge in [0.2, 0.25) is 5.91 Å². The lowest BCUT2D eigenvalue weighted by molar-refractivity contribution is -0.138. The third-order valence-electron chi connectivity index (χ3n) is 4.56. The zero-order valence-corrected chi connectivity index (χ0v) is 11.6. The van der Waals surface area contributed by atoms with E-state index in [4.69, 9.17) is 10.5 Å². The molecule has 1 saturated heterocycles. The molecule has 4 unspecified atom stereocenters. The molecule has 104 valence electrons. The highest BCUT2D eigenvalue weighted by Gasteiger charge is 2.38. The van der Waals surface area contributed by atoms with Gasteiger partial charge in [-0.25, -0.2) is 0 Å². The predicted octanol–water partition coefficient (Wildman–Crippen LogP) is 1.24. The Balaban J connectivity index is 1.94. The van der Waals surface area contributed by atoms with Crippen LogP contribution in [0.2, 0.25) is 0 Å². The summed E-state index contributed by atoms with van der Waals surface area (Å²) in [5.74, 6) is 1.27. The summed E-state index contributed by atoms with van der Waals surface area (Å²) >= 11 is 0. The Morgan fingerprint density at radius 2 is 2.17 bits per heavy atom. The normalized spacial score (nSPS) is 36.9. The summed E-state index contributed by atoms with van der Waals surface area (Å²) < 4.78 is 5.18. The van der Waals surface area contributed by atoms with E-state index in [-0.39, 0.29) is 17.9 Å². The van der Waals surface area contributed by atoms with Crippen LogP contribution in [0, 0.1) is 17.8 Å². The molecule has 1 heterocycles. The van der Waals surface area contributed by atoms with E-state index in [1.54, 1.807) is 7.11 Å². The smallest absolute Gasteiger partial charge is 0.227 e. The number of nitrogens with two attached hydrogens (primary N) is 1. The molecule has 1 amide bonds. The van der Waals surface area contributed by atoms with Crippen LogP contribution in [0.5, 0.6) is 0 Å². The highest BCUT2D eigenvalue weighted by atomic mass is 16.5. The van der Waals surface area contributed by atoms with Crippen molar-refractivity contribution < 1.29 is 9.53 Å². The fourth-order valence-corrected chi connectivity index (χ4v) is 3.50. The summed E-state index contributed by atoms with van der Waals surface area (Å²) in [7, 11) is 1.73. The first-order valence-corrected chi connectivity index (χ1v) is 7.16. The molecular formula is C14H26N2O2. The monoisotopic (exact) mass is 254 g/mol. The Labute approximate surface area is 110 Å². The van der Waals surface area contributed by atoms with E-state index in [0.29, 0.717) is 11.8 Å². The SMILES string of the molecule is COCC1CCN(C(=O)C2C(C)CCCC2N)C1. The highest BCUT2D eigenvalue weighted by Crippen LogP contribution is 2.31. The van der Waals surface area contributed by atoms with Crippen LogP contribution >= 0.6 is 0 Å². The van der Waals surface area contributed by atoms with Crippen LogP contribution in [-0.2, 0) is 9.53 Å². The third-order valence-corrected chi connectivity index (χ3v) is 4.56. The summed E-state index contributed by atoms with van der Waals surface area (Å²) in [4.78, 5) is 14.6. The van der Waals surface area contributed by atoms with Gasteiger partial charge in [-0.1, -0.05) is 13.3 Å². The first kappa shape index (κ1) is 13.8. The zero-order chi connectivity index (χ0) is 13.1. The molecule has 0 aromatic rings. The maximum absolute atomic E-state index is 12.6. The van der Waals surface area contributed by atoms with Crippen molar-refractivity contribution in [3.05, 3.63) is 0 Å². The lowest BCUT2D eigenvalue weighted by atomic mass is 9.76. The molecule has 1 aliphatic heterocycles. The van der Waals surface area contributed by atoms with E-state index in [2.05, 4.69) is 6.92 Å². The molecule has 4 nitrogen and oxygen atoms in total. The van der Waals surface area contributed by atoms with Gasteiger partial charge in [0.1, 0.15) is 0 Å². The fourth-order valence-electron chi connectivity index (χ4n) is 3.50. The molecule has 2 rings (SSSR count). The lowest BCUT2D eigenvalue weighted by Gasteiger charge is -2.35. The van der Waals surface area contributed by atoms with Gasteiger partial charge in [0.05, 0.1) is 12.5 Å². The second-order valence-electron chi connectivity index (χ2n) is 5.99. The largest absolute Gasteiger partial charge is 0.384 e. The topological polar surface area (TPSA) is 55.6 Å². The Bertz CT molecular complexity index is 286. The number of rotatable bonds is 3. The second-order valence-corrected chi connectivity index (χ2v) is 5.99. The summed E-state index contributed by atoms with van der Waals surface area (Å²) in [6.45, 7) is 4.66. The summed E-state index contributed by atoms with van der Waals surface area (Å²) in [5.41, 5.74) is 6.16. The van der Waals surface area contributed by atoms with Crippen molar-refractivity contribution >= 4 is 5.91 Å². The Morgan fingerprint density at radius 3 is 2.83 bits per heavy atom. The van der Waals surface area contributed by atoms with Crippen molar-refractivity contribution in [2.75, 3.05) is 26.8 Å². The molecular weight excluding hydrogens is 228 g/mol. The molecule has 4 heteroatoms. The number of hydrogen-bond acceptors (Lipinski definition) is 3. The van der Waals surface area contributed by atoms with E-state index in [9.17, 15) is 4.79 Å². The van der Waals surface area contributed by atoms with Gasteiger partial charge in [-0.05, 0) is 25.2 Å². The minimum atomic E-state index is 0.0417. The lowest BCUT2D eigenvalue weighted by Crippen LogP contribution is -2.48. The van der Waals surface area contributed by atoms with E-state index >= 15 is 0 Å². The van der Waals surface area contributed by atoms with Gasteiger partial charge in [-0.3, -0.25) is 4.79 Å². The summed E-state index contributed by atoms with van der Waals surface area (Å²) in [5, 5.41) is 0. The Kier molecular flexibility index (Phi) is 4.62. The van der Waals surface area contributed by atoms with Crippen molar-refractivity contribution in [2.45, 2.75) is 38.6 Å². The minimum absolute atomic E-state index is 0.0417. The van der Waals surface area contributed by atoms with Crippen LogP contribution in [0.4, 0.5) is 0 Å². The standard InChI is InChI=1S/C14H26N2O2/c1-10-4-3-5-12(15)13(10)14(17)16-7-6-11(8-16)9-18-2/h10-13H,3-9,15H2,1-2H3. The van der Waals surface area contributed by atoms with Crippen LogP contribution in [0.1, 0.15) is 32.6 Å². The molecule has 2 fully saturated rings. The van der Waals surface area contributed by atoms with Crippen LogP contribution in [0.3, 0.4) is 0 Å². The predicted molar refractivity (Wildman–Crippen MR) is 71.0 cm³/mol. The number of carbonyl (C=O) groups excluding carboxylic acids is 1. The molecule has 0 bridgehead atoms. The first-order valence-electron chi connectivity index (χ1n) is 7.16. The van der Waals surface area contributed by atoms with Gasteiger partial charge in [-0.2, -0.15) is 0 Å².